The van der Waals surface area contributed by atoms with Crippen molar-refractivity contribution in [3.63, 3.8) is 0 Å². The Kier molecular flexibility index (Phi) is 9.86. The van der Waals surface area contributed by atoms with Crippen LogP contribution in [0, 0.1) is 0 Å². The molecule has 1 amide bonds. The standard InChI is InChI=1S/C36H34ClN3O9/c1-42-27-10-6-20(26-19-29(49-40-26)22-16-32(44-3)34(46-5)33(17-22)45-4)14-31(27)48-13-12-47-28-11-7-21(15-30(28)43-2)35-38-25-9-8-23(37)18-24(25)36(41)39-35/h6-11,14-19,35,38H,12-13H2,1-5H3,(H,39,41). The number of aromatic nitrogens is 1. The van der Waals surface area contributed by atoms with Crippen molar-refractivity contribution >= 4 is 23.2 Å². The molecule has 0 spiro atoms. The Morgan fingerprint density at radius 2 is 1.35 bits per heavy atom. The maximum absolute atomic E-state index is 12.7. The fourth-order valence-electron chi connectivity index (χ4n) is 5.40. The average Bonchev–Trinajstić information content (AvgIpc) is 3.63. The van der Waals surface area contributed by atoms with Gasteiger partial charge in [0.25, 0.3) is 5.91 Å². The molecule has 254 valence electrons. The number of benzene rings is 4. The lowest BCUT2D eigenvalue weighted by molar-refractivity contribution is 0.0935. The normalized spacial score (nSPS) is 13.4. The summed E-state index contributed by atoms with van der Waals surface area (Å²) in [7, 11) is 7.78. The summed E-state index contributed by atoms with van der Waals surface area (Å²) >= 11 is 6.06. The first-order chi connectivity index (χ1) is 23.8. The molecule has 1 unspecified atom stereocenters. The highest BCUT2D eigenvalue weighted by molar-refractivity contribution is 6.31. The van der Waals surface area contributed by atoms with Crippen LogP contribution >= 0.6 is 11.6 Å². The van der Waals surface area contributed by atoms with Gasteiger partial charge in [0.1, 0.15) is 25.1 Å². The van der Waals surface area contributed by atoms with E-state index in [1.54, 1.807) is 78.0 Å². The van der Waals surface area contributed by atoms with E-state index in [0.29, 0.717) is 73.5 Å². The molecule has 0 bridgehead atoms. The van der Waals surface area contributed by atoms with E-state index in [0.717, 1.165) is 11.1 Å². The number of carbonyl (C=O) groups is 1. The molecule has 2 N–H and O–H groups in total. The maximum Gasteiger partial charge on any atom is 0.255 e. The lowest BCUT2D eigenvalue weighted by atomic mass is 10.1. The van der Waals surface area contributed by atoms with Crippen molar-refractivity contribution in [2.45, 2.75) is 6.17 Å². The van der Waals surface area contributed by atoms with Gasteiger partial charge in [0.05, 0.1) is 41.1 Å². The molecule has 2 heterocycles. The minimum atomic E-state index is -0.463. The Morgan fingerprint density at radius 1 is 0.673 bits per heavy atom. The second-order valence-electron chi connectivity index (χ2n) is 10.7. The van der Waals surface area contributed by atoms with Crippen molar-refractivity contribution < 1.29 is 42.5 Å². The van der Waals surface area contributed by atoms with Gasteiger partial charge < -0.3 is 48.3 Å². The lowest BCUT2D eigenvalue weighted by Crippen LogP contribution is -2.38. The summed E-state index contributed by atoms with van der Waals surface area (Å²) in [6, 6.07) is 21.5. The van der Waals surface area contributed by atoms with E-state index >= 15 is 0 Å². The van der Waals surface area contributed by atoms with Gasteiger partial charge in [0, 0.05) is 27.9 Å². The van der Waals surface area contributed by atoms with Gasteiger partial charge in [-0.25, -0.2) is 0 Å². The summed E-state index contributed by atoms with van der Waals surface area (Å²) in [5, 5.41) is 11.0. The zero-order chi connectivity index (χ0) is 34.5. The third-order valence-corrected chi connectivity index (χ3v) is 8.07. The third-order valence-electron chi connectivity index (χ3n) is 7.84. The molecule has 1 atom stereocenters. The number of nitrogens with zero attached hydrogens (tertiary/aromatic N) is 1. The van der Waals surface area contributed by atoms with Gasteiger partial charge in [-0.1, -0.05) is 22.8 Å². The molecule has 0 aliphatic carbocycles. The van der Waals surface area contributed by atoms with Crippen molar-refractivity contribution in [1.29, 1.82) is 0 Å². The number of ether oxygens (including phenoxy) is 7. The van der Waals surface area contributed by atoms with E-state index in [2.05, 4.69) is 15.8 Å². The van der Waals surface area contributed by atoms with E-state index in [9.17, 15) is 4.79 Å². The molecule has 1 aliphatic heterocycles. The SMILES string of the molecule is COc1cc(C2NC(=O)c3cc(Cl)ccc3N2)ccc1OCCOc1cc(-c2cc(-c3cc(OC)c(OC)c(OC)c3)on2)ccc1OC. The first-order valence-electron chi connectivity index (χ1n) is 15.1. The lowest BCUT2D eigenvalue weighted by Gasteiger charge is -2.28. The van der Waals surface area contributed by atoms with Crippen LogP contribution in [0.3, 0.4) is 0 Å². The Bertz CT molecular complexity index is 1950. The summed E-state index contributed by atoms with van der Waals surface area (Å²) in [6.07, 6.45) is -0.463. The molecule has 0 radical (unpaired) electrons. The highest BCUT2D eigenvalue weighted by Crippen LogP contribution is 2.42. The maximum atomic E-state index is 12.7. The van der Waals surface area contributed by atoms with Crippen molar-refractivity contribution in [2.75, 3.05) is 54.1 Å². The van der Waals surface area contributed by atoms with Crippen LogP contribution in [0.5, 0.6) is 40.2 Å². The van der Waals surface area contributed by atoms with Gasteiger partial charge in [-0.2, -0.15) is 0 Å². The van der Waals surface area contributed by atoms with E-state index in [1.807, 2.05) is 30.3 Å². The van der Waals surface area contributed by atoms with Gasteiger partial charge >= 0.3 is 0 Å². The number of methoxy groups -OCH3 is 5. The average molecular weight is 688 g/mol. The molecule has 0 saturated heterocycles. The second-order valence-corrected chi connectivity index (χ2v) is 11.1. The number of hydrogen-bond acceptors (Lipinski definition) is 11. The van der Waals surface area contributed by atoms with Crippen LogP contribution in [-0.4, -0.2) is 59.8 Å². The molecular formula is C36H34ClN3O9. The Balaban J connectivity index is 1.12. The number of nitrogens with one attached hydrogen (secondary N) is 2. The monoisotopic (exact) mass is 687 g/mol. The summed E-state index contributed by atoms with van der Waals surface area (Å²) in [4.78, 5) is 12.7. The predicted molar refractivity (Wildman–Crippen MR) is 183 cm³/mol. The predicted octanol–water partition coefficient (Wildman–Crippen LogP) is 7.02. The molecule has 6 rings (SSSR count). The van der Waals surface area contributed by atoms with Crippen molar-refractivity contribution in [3.8, 4) is 62.8 Å². The van der Waals surface area contributed by atoms with E-state index in [-0.39, 0.29) is 19.1 Å². The van der Waals surface area contributed by atoms with Crippen LogP contribution in [0.1, 0.15) is 22.1 Å². The molecule has 0 fully saturated rings. The topological polar surface area (TPSA) is 132 Å². The number of hydrogen-bond donors (Lipinski definition) is 2. The number of rotatable bonds is 13. The van der Waals surface area contributed by atoms with Crippen LogP contribution in [0.25, 0.3) is 22.6 Å². The highest BCUT2D eigenvalue weighted by Gasteiger charge is 2.26. The molecule has 1 aliphatic rings. The molecule has 4 aromatic carbocycles. The Morgan fingerprint density at radius 3 is 2.04 bits per heavy atom. The molecular weight excluding hydrogens is 654 g/mol. The van der Waals surface area contributed by atoms with E-state index in [4.69, 9.17) is 49.3 Å². The van der Waals surface area contributed by atoms with Gasteiger partial charge in [-0.3, -0.25) is 4.79 Å². The quantitative estimate of drug-likeness (QED) is 0.124. The van der Waals surface area contributed by atoms with Gasteiger partial charge in [-0.15, -0.1) is 0 Å². The first kappa shape index (κ1) is 33.2. The first-order valence-corrected chi connectivity index (χ1v) is 15.5. The molecule has 1 aromatic heterocycles. The summed E-state index contributed by atoms with van der Waals surface area (Å²) in [5.74, 6) is 3.84. The zero-order valence-corrected chi connectivity index (χ0v) is 28.2. The van der Waals surface area contributed by atoms with Crippen LogP contribution in [0.2, 0.25) is 5.02 Å². The molecule has 12 nitrogen and oxygen atoms in total. The van der Waals surface area contributed by atoms with Crippen molar-refractivity contribution in [1.82, 2.24) is 10.5 Å². The number of carbonyl (C=O) groups excluding carboxylic acids is 1. The zero-order valence-electron chi connectivity index (χ0n) is 27.4. The summed E-state index contributed by atoms with van der Waals surface area (Å²) in [5.41, 5.74) is 4.02. The second kappa shape index (κ2) is 14.6. The summed E-state index contributed by atoms with van der Waals surface area (Å²) in [6.45, 7) is 0.421. The highest BCUT2D eigenvalue weighted by atomic mass is 35.5. The minimum Gasteiger partial charge on any atom is -0.493 e. The number of anilines is 1. The summed E-state index contributed by atoms with van der Waals surface area (Å²) < 4.78 is 45.3. The number of fused-ring (bicyclic) bond motifs is 1. The fourth-order valence-corrected chi connectivity index (χ4v) is 5.58. The smallest absolute Gasteiger partial charge is 0.255 e. The largest absolute Gasteiger partial charge is 0.493 e. The number of halogens is 1. The Hall–Kier alpha value is -5.75. The van der Waals surface area contributed by atoms with Crippen LogP contribution in [0.15, 0.2) is 77.3 Å². The third kappa shape index (κ3) is 6.95. The molecule has 13 heteroatoms. The van der Waals surface area contributed by atoms with E-state index in [1.165, 1.54) is 0 Å². The Labute approximate surface area is 287 Å². The molecule has 49 heavy (non-hydrogen) atoms. The van der Waals surface area contributed by atoms with Crippen LogP contribution in [-0.2, 0) is 0 Å². The number of amides is 1. The van der Waals surface area contributed by atoms with Crippen LogP contribution in [0.4, 0.5) is 5.69 Å². The van der Waals surface area contributed by atoms with Crippen molar-refractivity contribution in [2.24, 2.45) is 0 Å². The molecule has 0 saturated carbocycles. The van der Waals surface area contributed by atoms with Gasteiger partial charge in [0.15, 0.2) is 40.3 Å². The fraction of sp³-hybridized carbons (Fsp3) is 0.222. The van der Waals surface area contributed by atoms with E-state index < -0.39 is 6.17 Å². The van der Waals surface area contributed by atoms with Gasteiger partial charge in [0.2, 0.25) is 5.75 Å². The van der Waals surface area contributed by atoms with Crippen molar-refractivity contribution in [3.05, 3.63) is 88.9 Å². The van der Waals surface area contributed by atoms with Gasteiger partial charge in [-0.05, 0) is 66.2 Å². The molecule has 5 aromatic rings. The minimum absolute atomic E-state index is 0.208. The van der Waals surface area contributed by atoms with Crippen LogP contribution < -0.4 is 43.8 Å².